The summed E-state index contributed by atoms with van der Waals surface area (Å²) in [7, 11) is 1.83. The minimum atomic E-state index is -0.416. The second-order valence-corrected chi connectivity index (χ2v) is 3.23. The predicted octanol–water partition coefficient (Wildman–Crippen LogP) is -0.868. The van der Waals surface area contributed by atoms with Gasteiger partial charge in [0.25, 0.3) is 0 Å². The fourth-order valence-electron chi connectivity index (χ4n) is 1.40. The Hall–Kier alpha value is -1.07. The van der Waals surface area contributed by atoms with E-state index in [9.17, 15) is 5.11 Å². The van der Waals surface area contributed by atoms with Gasteiger partial charge in [-0.1, -0.05) is 0 Å². The van der Waals surface area contributed by atoms with E-state index in [1.165, 1.54) is 0 Å². The average Bonchev–Trinajstić information content (AvgIpc) is 2.64. The highest BCUT2D eigenvalue weighted by Crippen LogP contribution is 2.13. The summed E-state index contributed by atoms with van der Waals surface area (Å²) >= 11 is 0. The van der Waals surface area contributed by atoms with Gasteiger partial charge in [-0.3, -0.25) is 4.68 Å². The molecule has 1 aromatic rings. The van der Waals surface area contributed by atoms with Crippen molar-refractivity contribution < 1.29 is 9.84 Å². The fraction of sp³-hybridized carbons (Fsp3) is 0.625. The largest absolute Gasteiger partial charge is 0.483 e. The molecule has 0 aromatic carbocycles. The van der Waals surface area contributed by atoms with Gasteiger partial charge in [-0.25, -0.2) is 0 Å². The van der Waals surface area contributed by atoms with Gasteiger partial charge in [-0.2, -0.15) is 5.10 Å². The monoisotopic (exact) mass is 183 g/mol. The maximum Gasteiger partial charge on any atom is 0.157 e. The van der Waals surface area contributed by atoms with E-state index in [0.717, 1.165) is 0 Å². The van der Waals surface area contributed by atoms with Crippen molar-refractivity contribution in [2.45, 2.75) is 12.2 Å². The molecular weight excluding hydrogens is 170 g/mol. The first kappa shape index (κ1) is 8.52. The molecule has 0 spiro atoms. The van der Waals surface area contributed by atoms with Gasteiger partial charge >= 0.3 is 0 Å². The van der Waals surface area contributed by atoms with Crippen LogP contribution in [0.1, 0.15) is 0 Å². The fourth-order valence-corrected chi connectivity index (χ4v) is 1.40. The van der Waals surface area contributed by atoms with Gasteiger partial charge in [0.1, 0.15) is 12.2 Å². The Morgan fingerprint density at radius 2 is 2.54 bits per heavy atom. The molecule has 0 unspecified atom stereocenters. The molecule has 0 amide bonds. The van der Waals surface area contributed by atoms with Crippen LogP contribution in [-0.4, -0.2) is 40.2 Å². The van der Waals surface area contributed by atoms with Crippen molar-refractivity contribution >= 4 is 0 Å². The second kappa shape index (κ2) is 3.35. The standard InChI is InChI=1S/C8H13N3O2/c1-11-5-6(2-10-11)13-8-4-9-3-7(8)12/h2,5,7-9,12H,3-4H2,1H3/t7-,8-/m1/s1. The molecular formula is C8H13N3O2. The first-order valence-electron chi connectivity index (χ1n) is 4.30. The topological polar surface area (TPSA) is 59.3 Å². The highest BCUT2D eigenvalue weighted by molar-refractivity contribution is 5.12. The number of rotatable bonds is 2. The smallest absolute Gasteiger partial charge is 0.157 e. The summed E-state index contributed by atoms with van der Waals surface area (Å²) in [5.41, 5.74) is 0. The molecule has 5 heteroatoms. The summed E-state index contributed by atoms with van der Waals surface area (Å²) in [5, 5.41) is 16.5. The van der Waals surface area contributed by atoms with Gasteiger partial charge in [0.2, 0.25) is 0 Å². The van der Waals surface area contributed by atoms with Crippen molar-refractivity contribution in [1.82, 2.24) is 15.1 Å². The summed E-state index contributed by atoms with van der Waals surface area (Å²) in [6, 6.07) is 0. The number of aliphatic hydroxyl groups is 1. The predicted molar refractivity (Wildman–Crippen MR) is 46.5 cm³/mol. The maximum absolute atomic E-state index is 9.44. The van der Waals surface area contributed by atoms with Gasteiger partial charge in [0.15, 0.2) is 5.75 Å². The molecule has 2 atom stereocenters. The molecule has 0 radical (unpaired) electrons. The lowest BCUT2D eigenvalue weighted by Crippen LogP contribution is -2.29. The number of aromatic nitrogens is 2. The van der Waals surface area contributed by atoms with E-state index in [1.807, 2.05) is 7.05 Å². The third kappa shape index (κ3) is 1.81. The van der Waals surface area contributed by atoms with E-state index in [-0.39, 0.29) is 6.10 Å². The van der Waals surface area contributed by atoms with Gasteiger partial charge in [0, 0.05) is 20.1 Å². The summed E-state index contributed by atoms with van der Waals surface area (Å²) < 4.78 is 7.18. The molecule has 2 heterocycles. The zero-order valence-corrected chi connectivity index (χ0v) is 7.47. The molecule has 1 aliphatic heterocycles. The molecule has 2 N–H and O–H groups in total. The van der Waals surface area contributed by atoms with Crippen LogP contribution >= 0.6 is 0 Å². The SMILES string of the molecule is Cn1cc(O[C@@H]2CNC[C@H]2O)cn1. The van der Waals surface area contributed by atoms with Crippen LogP contribution < -0.4 is 10.1 Å². The van der Waals surface area contributed by atoms with E-state index in [0.29, 0.717) is 18.8 Å². The van der Waals surface area contributed by atoms with Crippen molar-refractivity contribution in [3.05, 3.63) is 12.4 Å². The number of hydrogen-bond acceptors (Lipinski definition) is 4. The lowest BCUT2D eigenvalue weighted by molar-refractivity contribution is 0.0737. The molecule has 2 rings (SSSR count). The van der Waals surface area contributed by atoms with E-state index in [2.05, 4.69) is 10.4 Å². The summed E-state index contributed by atoms with van der Waals surface area (Å²) in [4.78, 5) is 0. The first-order valence-corrected chi connectivity index (χ1v) is 4.30. The molecule has 0 aliphatic carbocycles. The number of nitrogens with one attached hydrogen (secondary N) is 1. The van der Waals surface area contributed by atoms with E-state index in [4.69, 9.17) is 4.74 Å². The summed E-state index contributed by atoms with van der Waals surface area (Å²) in [5.74, 6) is 0.704. The van der Waals surface area contributed by atoms with Crippen molar-refractivity contribution in [2.75, 3.05) is 13.1 Å². The Kier molecular flexibility index (Phi) is 2.20. The highest BCUT2D eigenvalue weighted by atomic mass is 16.5. The van der Waals surface area contributed by atoms with Crippen LogP contribution in [0.2, 0.25) is 0 Å². The molecule has 0 bridgehead atoms. The molecule has 0 saturated carbocycles. The van der Waals surface area contributed by atoms with Crippen LogP contribution in [0.3, 0.4) is 0 Å². The minimum Gasteiger partial charge on any atom is -0.483 e. The van der Waals surface area contributed by atoms with Gasteiger partial charge in [-0.05, 0) is 0 Å². The van der Waals surface area contributed by atoms with Crippen molar-refractivity contribution in [2.24, 2.45) is 7.05 Å². The Morgan fingerprint density at radius 3 is 3.08 bits per heavy atom. The van der Waals surface area contributed by atoms with E-state index < -0.39 is 6.10 Å². The number of aryl methyl sites for hydroxylation is 1. The van der Waals surface area contributed by atoms with Crippen LogP contribution in [0.15, 0.2) is 12.4 Å². The summed E-state index contributed by atoms with van der Waals surface area (Å²) in [6.07, 6.45) is 2.86. The van der Waals surface area contributed by atoms with Crippen LogP contribution in [0.25, 0.3) is 0 Å². The van der Waals surface area contributed by atoms with E-state index >= 15 is 0 Å². The third-order valence-electron chi connectivity index (χ3n) is 2.10. The Morgan fingerprint density at radius 1 is 1.69 bits per heavy atom. The molecule has 72 valence electrons. The normalized spacial score (nSPS) is 27.8. The Balaban J connectivity index is 1.97. The molecule has 1 saturated heterocycles. The second-order valence-electron chi connectivity index (χ2n) is 3.23. The number of ether oxygens (including phenoxy) is 1. The minimum absolute atomic E-state index is 0.149. The number of aliphatic hydroxyl groups excluding tert-OH is 1. The van der Waals surface area contributed by atoms with Crippen molar-refractivity contribution in [3.8, 4) is 5.75 Å². The Bertz CT molecular complexity index is 287. The number of β-amino-alcohol motifs (C(OH)–C–C–N with tert-alkyl or cyclic N) is 1. The number of nitrogens with zero attached hydrogens (tertiary/aromatic N) is 2. The molecule has 5 nitrogen and oxygen atoms in total. The Labute approximate surface area is 76.3 Å². The summed E-state index contributed by atoms with van der Waals surface area (Å²) in [6.45, 7) is 1.29. The molecule has 1 aliphatic rings. The zero-order valence-electron chi connectivity index (χ0n) is 7.47. The molecule has 1 aromatic heterocycles. The van der Waals surface area contributed by atoms with Crippen LogP contribution in [0.4, 0.5) is 0 Å². The quantitative estimate of drug-likeness (QED) is 0.626. The zero-order chi connectivity index (χ0) is 9.26. The third-order valence-corrected chi connectivity index (χ3v) is 2.10. The van der Waals surface area contributed by atoms with Crippen molar-refractivity contribution in [3.63, 3.8) is 0 Å². The lowest BCUT2D eigenvalue weighted by atomic mass is 10.3. The molecule has 13 heavy (non-hydrogen) atoms. The van der Waals surface area contributed by atoms with Crippen LogP contribution in [0, 0.1) is 0 Å². The van der Waals surface area contributed by atoms with Crippen molar-refractivity contribution in [1.29, 1.82) is 0 Å². The lowest BCUT2D eigenvalue weighted by Gasteiger charge is -2.13. The number of hydrogen-bond donors (Lipinski definition) is 2. The van der Waals surface area contributed by atoms with Gasteiger partial charge < -0.3 is 15.2 Å². The van der Waals surface area contributed by atoms with Crippen LogP contribution in [-0.2, 0) is 7.05 Å². The van der Waals surface area contributed by atoms with Gasteiger partial charge in [0.05, 0.1) is 12.4 Å². The van der Waals surface area contributed by atoms with Gasteiger partial charge in [-0.15, -0.1) is 0 Å². The van der Waals surface area contributed by atoms with E-state index in [1.54, 1.807) is 17.1 Å². The molecule has 1 fully saturated rings. The highest BCUT2D eigenvalue weighted by Gasteiger charge is 2.26. The average molecular weight is 183 g/mol. The van der Waals surface area contributed by atoms with Crippen LogP contribution in [0.5, 0.6) is 5.75 Å². The first-order chi connectivity index (χ1) is 6.25. The maximum atomic E-state index is 9.44.